The molecule has 1 aliphatic carbocycles. The van der Waals surface area contributed by atoms with E-state index in [2.05, 4.69) is 10.3 Å². The van der Waals surface area contributed by atoms with Crippen molar-refractivity contribution in [3.63, 3.8) is 0 Å². The Morgan fingerprint density at radius 1 is 1.58 bits per heavy atom. The van der Waals surface area contributed by atoms with Crippen LogP contribution < -0.4 is 11.1 Å². The maximum Gasteiger partial charge on any atom is 0.295 e. The number of benzene rings is 1. The van der Waals surface area contributed by atoms with E-state index < -0.39 is 4.92 Å². The number of hydrogen-bond donors (Lipinski definition) is 2. The fraction of sp³-hybridized carbons (Fsp3) is 0.417. The Kier molecular flexibility index (Phi) is 2.83. The zero-order chi connectivity index (χ0) is 13.4. The van der Waals surface area contributed by atoms with Crippen LogP contribution in [0.25, 0.3) is 11.1 Å². The molecule has 3 rings (SSSR count). The highest BCUT2D eigenvalue weighted by atomic mass is 16.6. The molecule has 2 aromatic rings. The lowest BCUT2D eigenvalue weighted by molar-refractivity contribution is -0.384. The normalized spacial score (nSPS) is 16.5. The molecule has 1 aromatic heterocycles. The summed E-state index contributed by atoms with van der Waals surface area (Å²) in [5, 5.41) is 13.7. The van der Waals surface area contributed by atoms with Gasteiger partial charge < -0.3 is 15.5 Å². The molecule has 1 unspecified atom stereocenters. The Hall–Kier alpha value is -2.15. The van der Waals surface area contributed by atoms with Crippen LogP contribution in [0.2, 0.25) is 0 Å². The first-order valence-electron chi connectivity index (χ1n) is 6.18. The van der Waals surface area contributed by atoms with E-state index >= 15 is 0 Å². The molecule has 0 saturated heterocycles. The van der Waals surface area contributed by atoms with Gasteiger partial charge in [0.1, 0.15) is 5.52 Å². The van der Waals surface area contributed by atoms with E-state index in [0.717, 1.165) is 0 Å². The van der Waals surface area contributed by atoms with Crippen LogP contribution >= 0.6 is 0 Å². The van der Waals surface area contributed by atoms with E-state index in [1.54, 1.807) is 6.07 Å². The van der Waals surface area contributed by atoms with Gasteiger partial charge in [-0.3, -0.25) is 10.1 Å². The minimum atomic E-state index is -0.460. The second-order valence-electron chi connectivity index (χ2n) is 4.81. The SMILES string of the molecule is NC(CNc1nc2ccc([N+](=O)[O-])cc2o1)C1CC1. The van der Waals surface area contributed by atoms with Crippen LogP contribution in [-0.2, 0) is 0 Å². The van der Waals surface area contributed by atoms with Crippen LogP contribution in [0.5, 0.6) is 0 Å². The van der Waals surface area contributed by atoms with Gasteiger partial charge in [0.2, 0.25) is 0 Å². The number of non-ortho nitro benzene ring substituents is 1. The highest BCUT2D eigenvalue weighted by Crippen LogP contribution is 2.31. The first-order valence-corrected chi connectivity index (χ1v) is 6.18. The van der Waals surface area contributed by atoms with Gasteiger partial charge in [0.15, 0.2) is 5.58 Å². The number of rotatable bonds is 5. The summed E-state index contributed by atoms with van der Waals surface area (Å²) in [5.74, 6) is 0.595. The highest BCUT2D eigenvalue weighted by Gasteiger charge is 2.28. The standard InChI is InChI=1S/C12H14N4O3/c13-9(7-1-2-7)6-14-12-15-10-4-3-8(16(17)18)5-11(10)19-12/h3-5,7,9H,1-2,6,13H2,(H,14,15). The van der Waals surface area contributed by atoms with Gasteiger partial charge in [-0.2, -0.15) is 4.98 Å². The van der Waals surface area contributed by atoms with Crippen LogP contribution in [-0.4, -0.2) is 22.5 Å². The molecular formula is C12H14N4O3. The summed E-state index contributed by atoms with van der Waals surface area (Å²) in [5.41, 5.74) is 6.94. The zero-order valence-corrected chi connectivity index (χ0v) is 10.2. The third-order valence-electron chi connectivity index (χ3n) is 3.30. The van der Waals surface area contributed by atoms with E-state index in [1.807, 2.05) is 0 Å². The highest BCUT2D eigenvalue weighted by molar-refractivity contribution is 5.77. The molecule has 0 radical (unpaired) electrons. The van der Waals surface area contributed by atoms with Crippen molar-refractivity contribution in [1.82, 2.24) is 4.98 Å². The molecule has 1 heterocycles. The van der Waals surface area contributed by atoms with Crippen LogP contribution in [0, 0.1) is 16.0 Å². The summed E-state index contributed by atoms with van der Waals surface area (Å²) in [7, 11) is 0. The number of nitro groups is 1. The summed E-state index contributed by atoms with van der Waals surface area (Å²) >= 11 is 0. The average molecular weight is 262 g/mol. The van der Waals surface area contributed by atoms with Gasteiger partial charge in [-0.25, -0.2) is 0 Å². The lowest BCUT2D eigenvalue weighted by Gasteiger charge is -2.09. The second-order valence-corrected chi connectivity index (χ2v) is 4.81. The Labute approximate surface area is 108 Å². The monoisotopic (exact) mass is 262 g/mol. The molecule has 0 bridgehead atoms. The first-order chi connectivity index (χ1) is 9.13. The minimum Gasteiger partial charge on any atom is -0.423 e. The fourth-order valence-electron chi connectivity index (χ4n) is 2.00. The molecule has 0 aliphatic heterocycles. The molecule has 1 aliphatic rings. The Morgan fingerprint density at radius 2 is 2.37 bits per heavy atom. The van der Waals surface area contributed by atoms with E-state index in [9.17, 15) is 10.1 Å². The van der Waals surface area contributed by atoms with Crippen molar-refractivity contribution in [3.05, 3.63) is 28.3 Å². The maximum absolute atomic E-state index is 10.7. The van der Waals surface area contributed by atoms with Crippen LogP contribution in [0.15, 0.2) is 22.6 Å². The van der Waals surface area contributed by atoms with Crippen LogP contribution in [0.1, 0.15) is 12.8 Å². The van der Waals surface area contributed by atoms with Gasteiger partial charge >= 0.3 is 0 Å². The van der Waals surface area contributed by atoms with Crippen molar-refractivity contribution in [3.8, 4) is 0 Å². The van der Waals surface area contributed by atoms with Gasteiger partial charge in [-0.15, -0.1) is 0 Å². The van der Waals surface area contributed by atoms with E-state index in [1.165, 1.54) is 25.0 Å². The summed E-state index contributed by atoms with van der Waals surface area (Å²) in [6.45, 7) is 0.597. The van der Waals surface area contributed by atoms with E-state index in [4.69, 9.17) is 10.2 Å². The van der Waals surface area contributed by atoms with Gasteiger partial charge in [0, 0.05) is 18.7 Å². The molecule has 1 aromatic carbocycles. The molecule has 7 nitrogen and oxygen atoms in total. The van der Waals surface area contributed by atoms with Crippen LogP contribution in [0.3, 0.4) is 0 Å². The lowest BCUT2D eigenvalue weighted by atomic mass is 10.2. The minimum absolute atomic E-state index is 0.00937. The van der Waals surface area contributed by atoms with Gasteiger partial charge in [-0.1, -0.05) is 0 Å². The first kappa shape index (κ1) is 11.9. The number of nitrogens with two attached hydrogens (primary N) is 1. The third-order valence-corrected chi connectivity index (χ3v) is 3.30. The fourth-order valence-corrected chi connectivity index (χ4v) is 2.00. The summed E-state index contributed by atoms with van der Waals surface area (Å²) in [4.78, 5) is 14.4. The predicted molar refractivity (Wildman–Crippen MR) is 69.9 cm³/mol. The number of oxazole rings is 1. The molecule has 19 heavy (non-hydrogen) atoms. The topological polar surface area (TPSA) is 107 Å². The van der Waals surface area contributed by atoms with Crippen LogP contribution in [0.4, 0.5) is 11.7 Å². The van der Waals surface area contributed by atoms with Crippen molar-refractivity contribution in [2.45, 2.75) is 18.9 Å². The van der Waals surface area contributed by atoms with Crippen molar-refractivity contribution in [2.24, 2.45) is 11.7 Å². The number of fused-ring (bicyclic) bond motifs is 1. The third kappa shape index (κ3) is 2.50. The predicted octanol–water partition coefficient (Wildman–Crippen LogP) is 1.89. The number of anilines is 1. The quantitative estimate of drug-likeness (QED) is 0.629. The molecular weight excluding hydrogens is 248 g/mol. The Morgan fingerprint density at radius 3 is 3.05 bits per heavy atom. The molecule has 1 saturated carbocycles. The smallest absolute Gasteiger partial charge is 0.295 e. The molecule has 0 amide bonds. The summed E-state index contributed by atoms with van der Waals surface area (Å²) in [6, 6.07) is 4.80. The van der Waals surface area contributed by atoms with Crippen molar-refractivity contribution >= 4 is 22.8 Å². The summed E-state index contributed by atoms with van der Waals surface area (Å²) < 4.78 is 5.43. The molecule has 1 fully saturated rings. The molecule has 3 N–H and O–H groups in total. The van der Waals surface area contributed by atoms with Gasteiger partial charge in [0.25, 0.3) is 11.7 Å². The Balaban J connectivity index is 1.75. The number of hydrogen-bond acceptors (Lipinski definition) is 6. The van der Waals surface area contributed by atoms with Gasteiger partial charge in [0.05, 0.1) is 11.0 Å². The number of nitro benzene ring substituents is 1. The molecule has 1 atom stereocenters. The van der Waals surface area contributed by atoms with Crippen molar-refractivity contribution in [1.29, 1.82) is 0 Å². The summed E-state index contributed by atoms with van der Waals surface area (Å²) in [6.07, 6.45) is 2.37. The van der Waals surface area contributed by atoms with Crippen molar-refractivity contribution in [2.75, 3.05) is 11.9 Å². The average Bonchev–Trinajstić information content (AvgIpc) is 3.15. The number of nitrogens with zero attached hydrogens (tertiary/aromatic N) is 2. The number of aromatic nitrogens is 1. The van der Waals surface area contributed by atoms with E-state index in [-0.39, 0.29) is 11.7 Å². The lowest BCUT2D eigenvalue weighted by Crippen LogP contribution is -2.31. The molecule has 0 spiro atoms. The number of nitrogens with one attached hydrogen (secondary N) is 1. The molecule has 100 valence electrons. The van der Waals surface area contributed by atoms with E-state index in [0.29, 0.717) is 29.6 Å². The Bertz CT molecular complexity index is 620. The zero-order valence-electron chi connectivity index (χ0n) is 10.2. The second kappa shape index (κ2) is 4.51. The maximum atomic E-state index is 10.7. The molecule has 7 heteroatoms. The largest absolute Gasteiger partial charge is 0.423 e. The van der Waals surface area contributed by atoms with Crippen molar-refractivity contribution < 1.29 is 9.34 Å². The van der Waals surface area contributed by atoms with Gasteiger partial charge in [-0.05, 0) is 24.8 Å².